The van der Waals surface area contributed by atoms with Crippen molar-refractivity contribution in [3.05, 3.63) is 54.4 Å². The summed E-state index contributed by atoms with van der Waals surface area (Å²) in [7, 11) is 0. The maximum Gasteiger partial charge on any atom is 0.296 e. The summed E-state index contributed by atoms with van der Waals surface area (Å²) in [6, 6.07) is 10.5. The summed E-state index contributed by atoms with van der Waals surface area (Å²) >= 11 is 0. The van der Waals surface area contributed by atoms with Gasteiger partial charge in [0, 0.05) is 17.8 Å². The number of aromatic nitrogens is 2. The Balaban J connectivity index is 1.95. The number of pyridine rings is 1. The Bertz CT molecular complexity index is 793. The van der Waals surface area contributed by atoms with Crippen molar-refractivity contribution in [2.75, 3.05) is 0 Å². The van der Waals surface area contributed by atoms with Crippen molar-refractivity contribution in [1.29, 1.82) is 0 Å². The van der Waals surface area contributed by atoms with E-state index >= 15 is 0 Å². The molecule has 0 aliphatic carbocycles. The van der Waals surface area contributed by atoms with Gasteiger partial charge in [0.25, 0.3) is 5.91 Å². The molecule has 3 aromatic rings. The van der Waals surface area contributed by atoms with Crippen LogP contribution in [0.25, 0.3) is 10.9 Å². The Labute approximate surface area is 113 Å². The second kappa shape index (κ2) is 4.93. The molecule has 0 fully saturated rings. The lowest BCUT2D eigenvalue weighted by atomic mass is 10.2. The number of aromatic amines is 1. The van der Waals surface area contributed by atoms with E-state index in [0.717, 1.165) is 5.52 Å². The molecule has 20 heavy (non-hydrogen) atoms. The van der Waals surface area contributed by atoms with Crippen molar-refractivity contribution in [3.63, 3.8) is 0 Å². The van der Waals surface area contributed by atoms with Crippen molar-refractivity contribution in [1.82, 2.24) is 9.97 Å². The molecule has 0 bridgehead atoms. The zero-order valence-corrected chi connectivity index (χ0v) is 10.3. The van der Waals surface area contributed by atoms with Gasteiger partial charge in [-0.1, -0.05) is 18.2 Å². The number of carbonyl (C=O) groups is 1. The lowest BCUT2D eigenvalue weighted by Gasteiger charge is -1.93. The van der Waals surface area contributed by atoms with Crippen molar-refractivity contribution in [2.24, 2.45) is 10.2 Å². The van der Waals surface area contributed by atoms with Gasteiger partial charge in [-0.3, -0.25) is 9.78 Å². The van der Waals surface area contributed by atoms with Gasteiger partial charge >= 0.3 is 0 Å². The number of para-hydroxylation sites is 1. The highest BCUT2D eigenvalue weighted by Crippen LogP contribution is 2.35. The molecule has 98 valence electrons. The summed E-state index contributed by atoms with van der Waals surface area (Å²) in [4.78, 5) is 18.4. The molecule has 0 aliphatic rings. The predicted molar refractivity (Wildman–Crippen MR) is 73.0 cm³/mol. The van der Waals surface area contributed by atoms with E-state index < -0.39 is 5.91 Å². The molecular formula is C14H10N4O2. The quantitative estimate of drug-likeness (QED) is 0.698. The van der Waals surface area contributed by atoms with Crippen LogP contribution in [-0.4, -0.2) is 21.0 Å². The van der Waals surface area contributed by atoms with Gasteiger partial charge in [0.1, 0.15) is 0 Å². The number of aromatic hydroxyl groups is 1. The third kappa shape index (κ3) is 2.14. The first-order chi connectivity index (χ1) is 9.75. The fraction of sp³-hybridized carbons (Fsp3) is 0. The average Bonchev–Trinajstić information content (AvgIpc) is 2.81. The van der Waals surface area contributed by atoms with Crippen LogP contribution >= 0.6 is 0 Å². The van der Waals surface area contributed by atoms with E-state index in [1.165, 1.54) is 6.20 Å². The summed E-state index contributed by atoms with van der Waals surface area (Å²) in [5.41, 5.74) is 1.32. The van der Waals surface area contributed by atoms with Crippen molar-refractivity contribution >= 4 is 22.5 Å². The van der Waals surface area contributed by atoms with E-state index in [2.05, 4.69) is 20.2 Å². The Hall–Kier alpha value is -3.02. The third-order valence-corrected chi connectivity index (χ3v) is 2.81. The van der Waals surface area contributed by atoms with Crippen LogP contribution in [0.15, 0.2) is 59.0 Å². The summed E-state index contributed by atoms with van der Waals surface area (Å²) in [6.45, 7) is 0. The molecule has 1 amide bonds. The molecule has 0 radical (unpaired) electrons. The smallest absolute Gasteiger partial charge is 0.296 e. The van der Waals surface area contributed by atoms with Crippen LogP contribution in [0.2, 0.25) is 0 Å². The minimum absolute atomic E-state index is 0.117. The number of nitrogens with one attached hydrogen (secondary N) is 1. The minimum Gasteiger partial charge on any atom is -0.493 e. The first-order valence-corrected chi connectivity index (χ1v) is 5.91. The predicted octanol–water partition coefficient (Wildman–Crippen LogP) is 3.19. The van der Waals surface area contributed by atoms with Gasteiger partial charge in [0.05, 0.1) is 11.1 Å². The normalized spacial score (nSPS) is 11.2. The molecule has 1 aromatic carbocycles. The molecule has 2 heterocycles. The van der Waals surface area contributed by atoms with Crippen LogP contribution in [0.5, 0.6) is 5.88 Å². The fourth-order valence-corrected chi connectivity index (χ4v) is 1.86. The molecule has 0 atom stereocenters. The molecule has 6 nitrogen and oxygen atoms in total. The molecule has 0 unspecified atom stereocenters. The maximum absolute atomic E-state index is 11.8. The first-order valence-electron chi connectivity index (χ1n) is 5.91. The standard InChI is InChI=1S/C14H10N4O2/c19-13(9-4-3-7-15-8-9)18-17-12-10-5-1-2-6-11(10)16-14(12)20/h1-8,16,20H. The monoisotopic (exact) mass is 266 g/mol. The topological polar surface area (TPSA) is 90.7 Å². The van der Waals surface area contributed by atoms with Crippen LogP contribution in [0.1, 0.15) is 10.4 Å². The lowest BCUT2D eigenvalue weighted by Crippen LogP contribution is -1.93. The largest absolute Gasteiger partial charge is 0.493 e. The number of nitrogens with zero attached hydrogens (tertiary/aromatic N) is 3. The Morgan fingerprint density at radius 2 is 2.05 bits per heavy atom. The highest BCUT2D eigenvalue weighted by Gasteiger charge is 2.10. The highest BCUT2D eigenvalue weighted by atomic mass is 16.3. The zero-order chi connectivity index (χ0) is 13.9. The number of rotatable bonds is 2. The summed E-state index contributed by atoms with van der Waals surface area (Å²) in [5, 5.41) is 17.9. The molecule has 0 aliphatic heterocycles. The van der Waals surface area contributed by atoms with Crippen LogP contribution in [0.4, 0.5) is 5.69 Å². The Kier molecular flexibility index (Phi) is 2.96. The summed E-state index contributed by atoms with van der Waals surface area (Å²) in [5.74, 6) is -0.628. The molecule has 0 saturated carbocycles. The van der Waals surface area contributed by atoms with Crippen LogP contribution < -0.4 is 0 Å². The second-order valence-electron chi connectivity index (χ2n) is 4.11. The average molecular weight is 266 g/mol. The maximum atomic E-state index is 11.8. The van der Waals surface area contributed by atoms with Crippen molar-refractivity contribution in [2.45, 2.75) is 0 Å². The van der Waals surface area contributed by atoms with E-state index in [1.54, 1.807) is 30.5 Å². The lowest BCUT2D eigenvalue weighted by molar-refractivity contribution is 0.0994. The molecule has 0 saturated heterocycles. The number of H-pyrrole nitrogens is 1. The molecular weight excluding hydrogens is 256 g/mol. The summed E-state index contributed by atoms with van der Waals surface area (Å²) in [6.07, 6.45) is 2.98. The molecule has 0 spiro atoms. The number of carbonyl (C=O) groups excluding carboxylic acids is 1. The molecule has 3 rings (SSSR count). The van der Waals surface area contributed by atoms with Gasteiger partial charge in [-0.25, -0.2) is 0 Å². The van der Waals surface area contributed by atoms with Gasteiger partial charge in [0.15, 0.2) is 5.69 Å². The number of azo groups is 1. The van der Waals surface area contributed by atoms with Crippen molar-refractivity contribution in [3.8, 4) is 5.88 Å². The number of amides is 1. The number of fused-ring (bicyclic) bond motifs is 1. The second-order valence-corrected chi connectivity index (χ2v) is 4.11. The van der Waals surface area contributed by atoms with Gasteiger partial charge in [0.2, 0.25) is 5.88 Å². The van der Waals surface area contributed by atoms with Crippen molar-refractivity contribution < 1.29 is 9.90 Å². The van der Waals surface area contributed by atoms with Gasteiger partial charge in [-0.05, 0) is 18.2 Å². The summed E-state index contributed by atoms with van der Waals surface area (Å²) < 4.78 is 0. The fourth-order valence-electron chi connectivity index (χ4n) is 1.86. The highest BCUT2D eigenvalue weighted by molar-refractivity contribution is 5.96. The van der Waals surface area contributed by atoms with E-state index in [9.17, 15) is 9.90 Å². The Morgan fingerprint density at radius 1 is 1.20 bits per heavy atom. The molecule has 2 N–H and O–H groups in total. The van der Waals surface area contributed by atoms with Gasteiger partial charge < -0.3 is 10.1 Å². The minimum atomic E-state index is -0.511. The van der Waals surface area contributed by atoms with Gasteiger partial charge in [-0.2, -0.15) is 0 Å². The number of hydrogen-bond acceptors (Lipinski definition) is 4. The zero-order valence-electron chi connectivity index (χ0n) is 10.3. The Morgan fingerprint density at radius 3 is 2.85 bits per heavy atom. The molecule has 2 aromatic heterocycles. The first kappa shape index (κ1) is 12.0. The third-order valence-electron chi connectivity index (χ3n) is 2.81. The SMILES string of the molecule is O=C(N=Nc1c(O)[nH]c2ccccc12)c1cccnc1. The van der Waals surface area contributed by atoms with E-state index in [-0.39, 0.29) is 11.6 Å². The van der Waals surface area contributed by atoms with Crippen LogP contribution in [-0.2, 0) is 0 Å². The number of hydrogen-bond donors (Lipinski definition) is 2. The molecule has 6 heteroatoms. The van der Waals surface area contributed by atoms with Crippen LogP contribution in [0, 0.1) is 0 Å². The van der Waals surface area contributed by atoms with E-state index in [0.29, 0.717) is 10.9 Å². The van der Waals surface area contributed by atoms with Crippen LogP contribution in [0.3, 0.4) is 0 Å². The van der Waals surface area contributed by atoms with E-state index in [4.69, 9.17) is 0 Å². The number of benzene rings is 1. The van der Waals surface area contributed by atoms with Gasteiger partial charge in [-0.15, -0.1) is 10.2 Å². The van der Waals surface area contributed by atoms with E-state index in [1.807, 2.05) is 12.1 Å².